The van der Waals surface area contributed by atoms with Gasteiger partial charge in [0.25, 0.3) is 0 Å². The topological polar surface area (TPSA) is 26.0 Å². The second kappa shape index (κ2) is 3.08. The van der Waals surface area contributed by atoms with Crippen LogP contribution in [0, 0.1) is 13.8 Å². The molecule has 0 bridgehead atoms. The van der Waals surface area contributed by atoms with Crippen molar-refractivity contribution in [1.29, 1.82) is 0 Å². The highest BCUT2D eigenvalue weighted by Crippen LogP contribution is 2.50. The third-order valence-electron chi connectivity index (χ3n) is 4.14. The molecule has 0 heterocycles. The van der Waals surface area contributed by atoms with E-state index in [4.69, 9.17) is 5.73 Å². The van der Waals surface area contributed by atoms with Crippen molar-refractivity contribution in [3.05, 3.63) is 34.9 Å². The number of rotatable bonds is 2. The van der Waals surface area contributed by atoms with Crippen LogP contribution in [-0.2, 0) is 5.41 Å². The lowest BCUT2D eigenvalue weighted by Crippen LogP contribution is -2.44. The minimum Gasteiger partial charge on any atom is -0.324 e. The summed E-state index contributed by atoms with van der Waals surface area (Å²) in [5.41, 5.74) is 10.7. The second-order valence-corrected chi connectivity index (χ2v) is 5.55. The molecule has 1 aromatic carbocycles. The molecule has 2 rings (SSSR count). The minimum atomic E-state index is 0.0316. The molecule has 0 aliphatic heterocycles. The summed E-state index contributed by atoms with van der Waals surface area (Å²) in [6, 6.07) is 6.51. The van der Waals surface area contributed by atoms with Crippen LogP contribution in [0.2, 0.25) is 0 Å². The van der Waals surface area contributed by atoms with Gasteiger partial charge in [0, 0.05) is 11.0 Å². The lowest BCUT2D eigenvalue weighted by molar-refractivity contribution is 0.387. The van der Waals surface area contributed by atoms with E-state index in [0.717, 1.165) is 12.8 Å². The van der Waals surface area contributed by atoms with Gasteiger partial charge in [0.2, 0.25) is 0 Å². The smallest absolute Gasteiger partial charge is 0.0248 e. The predicted molar refractivity (Wildman–Crippen MR) is 65.1 cm³/mol. The van der Waals surface area contributed by atoms with Gasteiger partial charge in [0.1, 0.15) is 0 Å². The molecule has 1 nitrogen and oxygen atoms in total. The summed E-state index contributed by atoms with van der Waals surface area (Å²) in [5, 5.41) is 0. The van der Waals surface area contributed by atoms with Crippen molar-refractivity contribution >= 4 is 0 Å². The van der Waals surface area contributed by atoms with Crippen molar-refractivity contribution in [3.63, 3.8) is 0 Å². The van der Waals surface area contributed by atoms with E-state index in [2.05, 4.69) is 45.9 Å². The molecule has 0 spiro atoms. The van der Waals surface area contributed by atoms with E-state index in [0.29, 0.717) is 0 Å². The Morgan fingerprint density at radius 3 is 2.00 bits per heavy atom. The minimum absolute atomic E-state index is 0.0316. The molecule has 0 atom stereocenters. The zero-order valence-corrected chi connectivity index (χ0v) is 10.2. The van der Waals surface area contributed by atoms with Gasteiger partial charge in [-0.15, -0.1) is 0 Å². The highest BCUT2D eigenvalue weighted by atomic mass is 14.9. The Labute approximate surface area is 92.7 Å². The number of benzene rings is 1. The Kier molecular flexibility index (Phi) is 2.20. The summed E-state index contributed by atoms with van der Waals surface area (Å²) in [7, 11) is 0. The van der Waals surface area contributed by atoms with Crippen molar-refractivity contribution < 1.29 is 0 Å². The van der Waals surface area contributed by atoms with Gasteiger partial charge in [-0.3, -0.25) is 0 Å². The van der Waals surface area contributed by atoms with Gasteiger partial charge in [-0.25, -0.2) is 0 Å². The first kappa shape index (κ1) is 10.7. The predicted octanol–water partition coefficient (Wildman–Crippen LogP) is 3.07. The average Bonchev–Trinajstić information content (AvgIpc) is 2.84. The van der Waals surface area contributed by atoms with Gasteiger partial charge >= 0.3 is 0 Å². The summed E-state index contributed by atoms with van der Waals surface area (Å²) in [4.78, 5) is 0. The van der Waals surface area contributed by atoms with Crippen molar-refractivity contribution in [1.82, 2.24) is 0 Å². The molecule has 1 saturated carbocycles. The first-order valence-corrected chi connectivity index (χ1v) is 5.74. The normalized spacial score (nSPS) is 19.0. The summed E-state index contributed by atoms with van der Waals surface area (Å²) >= 11 is 0. The van der Waals surface area contributed by atoms with Crippen LogP contribution in [-0.4, -0.2) is 5.54 Å². The molecule has 1 aromatic rings. The Balaban J connectivity index is 2.53. The highest BCUT2D eigenvalue weighted by Gasteiger charge is 2.52. The average molecular weight is 203 g/mol. The van der Waals surface area contributed by atoms with Crippen LogP contribution in [0.15, 0.2) is 18.2 Å². The molecule has 0 saturated heterocycles. The third kappa shape index (κ3) is 1.50. The Morgan fingerprint density at radius 1 is 1.13 bits per heavy atom. The number of hydrogen-bond acceptors (Lipinski definition) is 1. The Bertz CT molecular complexity index is 366. The molecule has 0 aromatic heterocycles. The summed E-state index contributed by atoms with van der Waals surface area (Å²) in [6.07, 6.45) is 2.32. The second-order valence-electron chi connectivity index (χ2n) is 5.55. The number of hydrogen-bond donors (Lipinski definition) is 1. The SMILES string of the molecule is Cc1cccc(C)c1C(C)(C)C1(N)CC1. The third-order valence-corrected chi connectivity index (χ3v) is 4.14. The fourth-order valence-electron chi connectivity index (χ4n) is 2.81. The fourth-order valence-corrected chi connectivity index (χ4v) is 2.81. The van der Waals surface area contributed by atoms with E-state index in [1.165, 1.54) is 16.7 Å². The van der Waals surface area contributed by atoms with Gasteiger partial charge in [-0.05, 0) is 43.4 Å². The molecular formula is C14H21N. The molecule has 0 radical (unpaired) electrons. The molecule has 1 aliphatic carbocycles. The van der Waals surface area contributed by atoms with Crippen LogP contribution in [0.3, 0.4) is 0 Å². The van der Waals surface area contributed by atoms with E-state index in [1.54, 1.807) is 0 Å². The van der Waals surface area contributed by atoms with Crippen LogP contribution >= 0.6 is 0 Å². The van der Waals surface area contributed by atoms with Crippen molar-refractivity contribution in [3.8, 4) is 0 Å². The van der Waals surface area contributed by atoms with Crippen molar-refractivity contribution in [2.45, 2.75) is 51.5 Å². The van der Waals surface area contributed by atoms with E-state index in [9.17, 15) is 0 Å². The Morgan fingerprint density at radius 2 is 1.60 bits per heavy atom. The first-order valence-electron chi connectivity index (χ1n) is 5.74. The maximum atomic E-state index is 6.39. The lowest BCUT2D eigenvalue weighted by Gasteiger charge is -2.35. The molecular weight excluding hydrogens is 182 g/mol. The molecule has 1 heteroatoms. The van der Waals surface area contributed by atoms with Crippen LogP contribution < -0.4 is 5.73 Å². The molecule has 0 unspecified atom stereocenters. The summed E-state index contributed by atoms with van der Waals surface area (Å²) < 4.78 is 0. The van der Waals surface area contributed by atoms with Crippen molar-refractivity contribution in [2.24, 2.45) is 5.73 Å². The zero-order valence-electron chi connectivity index (χ0n) is 10.2. The molecule has 15 heavy (non-hydrogen) atoms. The van der Waals surface area contributed by atoms with Crippen molar-refractivity contribution in [2.75, 3.05) is 0 Å². The highest BCUT2D eigenvalue weighted by molar-refractivity contribution is 5.43. The van der Waals surface area contributed by atoms with Gasteiger partial charge in [0.05, 0.1) is 0 Å². The number of aryl methyl sites for hydroxylation is 2. The number of nitrogens with two attached hydrogens (primary N) is 1. The quantitative estimate of drug-likeness (QED) is 0.785. The van der Waals surface area contributed by atoms with E-state index in [1.807, 2.05) is 0 Å². The maximum Gasteiger partial charge on any atom is 0.0248 e. The van der Waals surface area contributed by atoms with Gasteiger partial charge in [-0.2, -0.15) is 0 Å². The molecule has 82 valence electrons. The van der Waals surface area contributed by atoms with E-state index >= 15 is 0 Å². The largest absolute Gasteiger partial charge is 0.324 e. The van der Waals surface area contributed by atoms with Gasteiger partial charge in [-0.1, -0.05) is 32.0 Å². The van der Waals surface area contributed by atoms with Crippen LogP contribution in [0.4, 0.5) is 0 Å². The molecule has 1 fully saturated rings. The van der Waals surface area contributed by atoms with Crippen LogP contribution in [0.25, 0.3) is 0 Å². The standard InChI is InChI=1S/C14H21N/c1-10-6-5-7-11(2)12(10)13(3,4)14(15)8-9-14/h5-7H,8-9,15H2,1-4H3. The maximum absolute atomic E-state index is 6.39. The van der Waals surface area contributed by atoms with Gasteiger partial charge in [0.15, 0.2) is 0 Å². The summed E-state index contributed by atoms with van der Waals surface area (Å²) in [6.45, 7) is 8.95. The van der Waals surface area contributed by atoms with Crippen LogP contribution in [0.1, 0.15) is 43.4 Å². The zero-order chi connectivity index (χ0) is 11.3. The van der Waals surface area contributed by atoms with E-state index < -0.39 is 0 Å². The van der Waals surface area contributed by atoms with E-state index in [-0.39, 0.29) is 11.0 Å². The summed E-state index contributed by atoms with van der Waals surface area (Å²) in [5.74, 6) is 0. The fraction of sp³-hybridized carbons (Fsp3) is 0.571. The molecule has 1 aliphatic rings. The first-order chi connectivity index (χ1) is 6.88. The van der Waals surface area contributed by atoms with Gasteiger partial charge < -0.3 is 5.73 Å². The molecule has 0 amide bonds. The Hall–Kier alpha value is -0.820. The lowest BCUT2D eigenvalue weighted by atomic mass is 9.72. The monoisotopic (exact) mass is 203 g/mol. The molecule has 2 N–H and O–H groups in total. The van der Waals surface area contributed by atoms with Crippen LogP contribution in [0.5, 0.6) is 0 Å².